The first-order valence-corrected chi connectivity index (χ1v) is 18.4. The summed E-state index contributed by atoms with van der Waals surface area (Å²) in [5.74, 6) is -0.691. The molecule has 1 heterocycles. The van der Waals surface area contributed by atoms with E-state index in [0.717, 1.165) is 11.1 Å². The molecule has 1 aliphatic rings. The van der Waals surface area contributed by atoms with E-state index in [0.29, 0.717) is 43.1 Å². The first kappa shape index (κ1) is 44.1. The van der Waals surface area contributed by atoms with Gasteiger partial charge >= 0.3 is 18.9 Å². The highest BCUT2D eigenvalue weighted by molar-refractivity contribution is 5.60. The molecule has 0 saturated carbocycles. The molecule has 4 aromatic rings. The number of nitrogens with zero attached hydrogens (tertiary/aromatic N) is 1. The summed E-state index contributed by atoms with van der Waals surface area (Å²) in [4.78, 5) is 18.4. The molecule has 1 saturated heterocycles. The third-order valence-electron chi connectivity index (χ3n) is 8.48. The molecule has 1 fully saturated rings. The second kappa shape index (κ2) is 20.1. The molecule has 58 heavy (non-hydrogen) atoms. The van der Waals surface area contributed by atoms with Crippen molar-refractivity contribution in [3.63, 3.8) is 0 Å². The Balaban J connectivity index is 1.33. The molecule has 5 rings (SSSR count). The van der Waals surface area contributed by atoms with Gasteiger partial charge < -0.3 is 38.0 Å². The Kier molecular flexibility index (Phi) is 15.3. The number of halogens is 6. The molecule has 0 spiro atoms. The fourth-order valence-electron chi connectivity index (χ4n) is 6.02. The van der Waals surface area contributed by atoms with E-state index in [1.165, 1.54) is 53.6 Å². The van der Waals surface area contributed by atoms with Crippen LogP contribution in [0, 0.1) is 0 Å². The molecule has 0 aliphatic carbocycles. The summed E-state index contributed by atoms with van der Waals surface area (Å²) in [6.45, 7) is 6.46. The first-order chi connectivity index (χ1) is 27.5. The number of hydroxylamine groups is 2. The van der Waals surface area contributed by atoms with Crippen LogP contribution in [0.1, 0.15) is 55.4 Å². The van der Waals surface area contributed by atoms with E-state index in [1.54, 1.807) is 32.9 Å². The minimum Gasteiger partial charge on any atom is -0.494 e. The van der Waals surface area contributed by atoms with E-state index in [-0.39, 0.29) is 26.3 Å². The Morgan fingerprint density at radius 2 is 1.10 bits per heavy atom. The van der Waals surface area contributed by atoms with Crippen LogP contribution in [0.5, 0.6) is 17.2 Å². The lowest BCUT2D eigenvalue weighted by Crippen LogP contribution is -2.53. The summed E-state index contributed by atoms with van der Waals surface area (Å²) < 4.78 is 114. The van der Waals surface area contributed by atoms with Crippen LogP contribution in [0.3, 0.4) is 0 Å². The lowest BCUT2D eigenvalue weighted by atomic mass is 9.85. The number of ether oxygens (including phenoxy) is 7. The van der Waals surface area contributed by atoms with Crippen LogP contribution in [0.25, 0.3) is 0 Å². The minimum absolute atomic E-state index is 0.0454. The Morgan fingerprint density at radius 1 is 0.621 bits per heavy atom. The van der Waals surface area contributed by atoms with Crippen molar-refractivity contribution in [2.75, 3.05) is 26.3 Å². The Labute approximate surface area is 332 Å². The molecular formula is C42H45F6NO9. The Bertz CT molecular complexity index is 1760. The molecule has 314 valence electrons. The van der Waals surface area contributed by atoms with Crippen molar-refractivity contribution in [1.82, 2.24) is 5.06 Å². The van der Waals surface area contributed by atoms with Gasteiger partial charge in [0.2, 0.25) is 0 Å². The zero-order valence-corrected chi connectivity index (χ0v) is 32.1. The van der Waals surface area contributed by atoms with Gasteiger partial charge in [-0.3, -0.25) is 0 Å². The highest BCUT2D eigenvalue weighted by atomic mass is 19.4. The van der Waals surface area contributed by atoms with Crippen LogP contribution < -0.4 is 14.2 Å². The number of alkyl halides is 6. The smallest absolute Gasteiger partial charge is 0.494 e. The van der Waals surface area contributed by atoms with E-state index in [4.69, 9.17) is 28.5 Å². The summed E-state index contributed by atoms with van der Waals surface area (Å²) in [5.41, 5.74) is 2.06. The maximum atomic E-state index is 12.8. The normalized spacial score (nSPS) is 17.7. The number of benzene rings is 4. The number of hydrogen-bond donors (Lipinski definition) is 0. The van der Waals surface area contributed by atoms with Crippen LogP contribution in [0.2, 0.25) is 0 Å². The predicted octanol–water partition coefficient (Wildman–Crippen LogP) is 9.91. The molecule has 0 N–H and O–H groups in total. The van der Waals surface area contributed by atoms with E-state index in [1.807, 2.05) is 42.5 Å². The second-order valence-electron chi connectivity index (χ2n) is 14.3. The molecule has 4 aromatic carbocycles. The van der Waals surface area contributed by atoms with Crippen molar-refractivity contribution in [2.24, 2.45) is 0 Å². The second-order valence-corrected chi connectivity index (χ2v) is 14.3. The van der Waals surface area contributed by atoms with Gasteiger partial charge in [0.15, 0.2) is 0 Å². The molecule has 0 aromatic heterocycles. The molecular weight excluding hydrogens is 776 g/mol. The van der Waals surface area contributed by atoms with Gasteiger partial charge in [0.1, 0.15) is 22.8 Å². The highest BCUT2D eigenvalue weighted by Gasteiger charge is 2.42. The number of carbonyl (C=O) groups is 1. The van der Waals surface area contributed by atoms with Gasteiger partial charge in [-0.2, -0.15) is 0 Å². The van der Waals surface area contributed by atoms with Crippen molar-refractivity contribution >= 4 is 6.16 Å². The van der Waals surface area contributed by atoms with Gasteiger partial charge in [0.05, 0.1) is 58.3 Å². The third-order valence-corrected chi connectivity index (χ3v) is 8.48. The molecule has 0 amide bonds. The van der Waals surface area contributed by atoms with Gasteiger partial charge in [0.25, 0.3) is 0 Å². The molecule has 16 heteroatoms. The van der Waals surface area contributed by atoms with Crippen LogP contribution in [0.15, 0.2) is 103 Å². The van der Waals surface area contributed by atoms with Crippen LogP contribution in [-0.4, -0.2) is 68.1 Å². The van der Waals surface area contributed by atoms with E-state index < -0.39 is 54.1 Å². The van der Waals surface area contributed by atoms with Gasteiger partial charge in [-0.1, -0.05) is 66.7 Å². The van der Waals surface area contributed by atoms with E-state index in [9.17, 15) is 31.1 Å². The molecule has 0 bridgehead atoms. The lowest BCUT2D eigenvalue weighted by Gasteiger charge is -2.42. The largest absolute Gasteiger partial charge is 0.573 e. The molecule has 10 nitrogen and oxygen atoms in total. The number of carbonyl (C=O) groups excluding carboxylic acids is 1. The monoisotopic (exact) mass is 821 g/mol. The first-order valence-electron chi connectivity index (χ1n) is 18.4. The topological polar surface area (TPSA) is 94.2 Å². The number of rotatable bonds is 17. The van der Waals surface area contributed by atoms with Gasteiger partial charge in [-0.05, 0) is 79.4 Å². The highest BCUT2D eigenvalue weighted by Crippen LogP contribution is 2.36. The molecule has 3 atom stereocenters. The zero-order chi connectivity index (χ0) is 41.8. The van der Waals surface area contributed by atoms with Gasteiger partial charge in [0, 0.05) is 12.3 Å². The van der Waals surface area contributed by atoms with Crippen molar-refractivity contribution in [2.45, 2.75) is 83.5 Å². The Hall–Kier alpha value is -5.03. The van der Waals surface area contributed by atoms with Gasteiger partial charge in [-0.15, -0.1) is 31.4 Å². The van der Waals surface area contributed by atoms with E-state index in [2.05, 4.69) is 9.47 Å². The van der Waals surface area contributed by atoms with Crippen molar-refractivity contribution in [1.29, 1.82) is 0 Å². The summed E-state index contributed by atoms with van der Waals surface area (Å²) in [7, 11) is 0. The van der Waals surface area contributed by atoms with Crippen LogP contribution in [-0.2, 0) is 43.6 Å². The summed E-state index contributed by atoms with van der Waals surface area (Å²) >= 11 is 0. The fraction of sp³-hybridized carbons (Fsp3) is 0.405. The molecule has 1 unspecified atom stereocenters. The van der Waals surface area contributed by atoms with Crippen LogP contribution >= 0.6 is 0 Å². The predicted molar refractivity (Wildman–Crippen MR) is 198 cm³/mol. The molecule has 1 aliphatic heterocycles. The van der Waals surface area contributed by atoms with Crippen molar-refractivity contribution in [3.05, 3.63) is 125 Å². The van der Waals surface area contributed by atoms with Crippen molar-refractivity contribution < 1.29 is 69.1 Å². The number of piperidine rings is 1. The van der Waals surface area contributed by atoms with E-state index >= 15 is 0 Å². The fourth-order valence-corrected chi connectivity index (χ4v) is 6.02. The van der Waals surface area contributed by atoms with Gasteiger partial charge in [-0.25, -0.2) is 4.79 Å². The average molecular weight is 822 g/mol. The van der Waals surface area contributed by atoms with Crippen LogP contribution in [0.4, 0.5) is 31.1 Å². The zero-order valence-electron chi connectivity index (χ0n) is 32.1. The summed E-state index contributed by atoms with van der Waals surface area (Å²) in [5, 5.41) is 1.35. The summed E-state index contributed by atoms with van der Waals surface area (Å²) in [6, 6.07) is 27.6. The summed E-state index contributed by atoms with van der Waals surface area (Å²) in [6.07, 6.45) is -11.5. The standard InChI is InChI=1S/C42H45F6NO9/c1-40(2,3)57-39(50)58-49-24-36(53-27-30-10-16-34(17-11-30)55-41(43,44)45)38(37(25-49)54-28-31-12-18-35(19-13-31)56-42(46,47)48)32-14-20-33(21-15-32)52-23-7-22-51-26-29-8-5-4-6-9-29/h4-6,8-21,36-38H,7,22-28H2,1-3H3/t36-,37+,38?. The maximum absolute atomic E-state index is 12.8. The van der Waals surface area contributed by atoms with Crippen molar-refractivity contribution in [3.8, 4) is 17.2 Å². The third kappa shape index (κ3) is 15.4. The lowest BCUT2D eigenvalue weighted by molar-refractivity contribution is -0.275. The SMILES string of the molecule is CC(C)(C)OC(=O)ON1C[C@H](OCc2ccc(OC(F)(F)F)cc2)C(c2ccc(OCCCOCc3ccccc3)cc2)[C@H](OCc2ccc(OC(F)(F)F)cc2)C1. The minimum atomic E-state index is -4.85. The number of hydrogen-bond acceptors (Lipinski definition) is 10. The maximum Gasteiger partial charge on any atom is 0.573 e. The molecule has 0 radical (unpaired) electrons. The quantitative estimate of drug-likeness (QED) is 0.0582. The average Bonchev–Trinajstić information content (AvgIpc) is 3.14. The Morgan fingerprint density at radius 3 is 1.59 bits per heavy atom.